The monoisotopic (exact) mass is 485 g/mol. The van der Waals surface area contributed by atoms with Crippen LogP contribution < -0.4 is 5.32 Å². The lowest BCUT2D eigenvalue weighted by Crippen LogP contribution is -2.52. The highest BCUT2D eigenvalue weighted by molar-refractivity contribution is 7.99. The van der Waals surface area contributed by atoms with Crippen molar-refractivity contribution in [1.29, 1.82) is 0 Å². The zero-order valence-corrected chi connectivity index (χ0v) is 19.8. The van der Waals surface area contributed by atoms with Gasteiger partial charge < -0.3 is 5.32 Å². The summed E-state index contributed by atoms with van der Waals surface area (Å²) in [6.45, 7) is 1.99. The zero-order valence-electron chi connectivity index (χ0n) is 19.0. The highest BCUT2D eigenvalue weighted by Crippen LogP contribution is 2.61. The minimum Gasteiger partial charge on any atom is -0.324 e. The van der Waals surface area contributed by atoms with Crippen LogP contribution in [0.1, 0.15) is 33.0 Å². The number of carbonyl (C=O) groups is 2. The average molecular weight is 486 g/mol. The number of benzene rings is 3. The molecule has 3 heterocycles. The third kappa shape index (κ3) is 3.10. The maximum atomic E-state index is 14.3. The van der Waals surface area contributed by atoms with E-state index in [1.807, 2.05) is 43.3 Å². The molecule has 6 rings (SSSR count). The van der Waals surface area contributed by atoms with E-state index >= 15 is 0 Å². The molecule has 0 unspecified atom stereocenters. The number of ketones is 1. The molecule has 8 heteroatoms. The number of nitrogens with zero attached hydrogens (tertiary/aromatic N) is 2. The van der Waals surface area contributed by atoms with Gasteiger partial charge in [0, 0.05) is 52.5 Å². The topological polar surface area (TPSA) is 92.5 Å². The fraction of sp³-hybridized carbons (Fsp3) is 0.259. The van der Waals surface area contributed by atoms with Crippen LogP contribution in [0.4, 0.5) is 11.4 Å². The molecule has 7 nitrogen and oxygen atoms in total. The van der Waals surface area contributed by atoms with Crippen LogP contribution in [-0.2, 0) is 10.3 Å². The van der Waals surface area contributed by atoms with Gasteiger partial charge in [0.1, 0.15) is 5.54 Å². The minimum atomic E-state index is -1.14. The van der Waals surface area contributed by atoms with Crippen molar-refractivity contribution in [1.82, 2.24) is 4.90 Å². The van der Waals surface area contributed by atoms with Crippen LogP contribution in [0.25, 0.3) is 0 Å². The molecule has 0 bridgehead atoms. The Balaban J connectivity index is 1.60. The van der Waals surface area contributed by atoms with E-state index in [0.717, 1.165) is 28.1 Å². The van der Waals surface area contributed by atoms with E-state index in [2.05, 4.69) is 10.2 Å². The summed E-state index contributed by atoms with van der Waals surface area (Å²) >= 11 is 1.75. The first-order valence-electron chi connectivity index (χ1n) is 11.5. The van der Waals surface area contributed by atoms with Gasteiger partial charge in [0.25, 0.3) is 5.69 Å². The van der Waals surface area contributed by atoms with Crippen LogP contribution in [0.15, 0.2) is 72.8 Å². The first-order chi connectivity index (χ1) is 16.9. The predicted octanol–water partition coefficient (Wildman–Crippen LogP) is 4.72. The number of Topliss-reactive ketones (excluding diaryl/α,β-unsaturated/α-hetero) is 1. The Morgan fingerprint density at radius 2 is 1.86 bits per heavy atom. The Hall–Kier alpha value is -3.49. The van der Waals surface area contributed by atoms with Gasteiger partial charge in [-0.1, -0.05) is 60.2 Å². The van der Waals surface area contributed by atoms with Crippen LogP contribution in [-0.4, -0.2) is 39.2 Å². The molecule has 0 aromatic heterocycles. The molecule has 35 heavy (non-hydrogen) atoms. The third-order valence-corrected chi connectivity index (χ3v) is 8.64. The molecular weight excluding hydrogens is 462 g/mol. The third-order valence-electron chi connectivity index (χ3n) is 7.61. The molecule has 1 N–H and O–H groups in total. The smallest absolute Gasteiger partial charge is 0.269 e. The highest BCUT2D eigenvalue weighted by Gasteiger charge is 2.69. The summed E-state index contributed by atoms with van der Waals surface area (Å²) in [6.07, 6.45) is 0. The van der Waals surface area contributed by atoms with Gasteiger partial charge in [0.05, 0.1) is 10.8 Å². The number of nitro groups is 1. The van der Waals surface area contributed by atoms with Crippen molar-refractivity contribution in [2.45, 2.75) is 24.4 Å². The second-order valence-corrected chi connectivity index (χ2v) is 10.4. The number of thioether (sulfide) groups is 1. The number of carbonyl (C=O) groups excluding carboxylic acids is 2. The fourth-order valence-corrected chi connectivity index (χ4v) is 7.49. The summed E-state index contributed by atoms with van der Waals surface area (Å²) in [6, 6.07) is 21.4. The van der Waals surface area contributed by atoms with Crippen molar-refractivity contribution in [3.63, 3.8) is 0 Å². The minimum absolute atomic E-state index is 0.00429. The summed E-state index contributed by atoms with van der Waals surface area (Å²) < 4.78 is 0. The van der Waals surface area contributed by atoms with E-state index < -0.39 is 16.4 Å². The summed E-state index contributed by atoms with van der Waals surface area (Å²) in [5, 5.41) is 14.3. The van der Waals surface area contributed by atoms with Crippen LogP contribution in [0.2, 0.25) is 0 Å². The van der Waals surface area contributed by atoms with Gasteiger partial charge in [0.2, 0.25) is 5.91 Å². The fourth-order valence-electron chi connectivity index (χ4n) is 6.16. The van der Waals surface area contributed by atoms with Gasteiger partial charge in [-0.25, -0.2) is 0 Å². The molecule has 4 atom stereocenters. The maximum Gasteiger partial charge on any atom is 0.269 e. The number of rotatable bonds is 4. The SMILES string of the molecule is Cc1ccc2c(c1)[C@]1(C(=O)N2)[C@@H](C(=O)c2ccccc2)[C@@H](c2ccc([N+](=O)[O-])cc2)[C@H]2CSCN21. The van der Waals surface area contributed by atoms with Crippen molar-refractivity contribution in [3.05, 3.63) is 105 Å². The van der Waals surface area contributed by atoms with Gasteiger partial charge in [0.15, 0.2) is 5.78 Å². The molecule has 176 valence electrons. The quantitative estimate of drug-likeness (QED) is 0.327. The van der Waals surface area contributed by atoms with Crippen LogP contribution in [0.5, 0.6) is 0 Å². The first kappa shape index (κ1) is 22.0. The standard InChI is InChI=1S/C27H23N3O4S/c1-16-7-12-21-20(13-16)27(26(32)28-21)24(25(31)18-5-3-2-4-6-18)23(22-14-35-15-29(22)27)17-8-10-19(11-9-17)30(33)34/h2-13,22-24H,14-15H2,1H3,(H,28,32)/t22-,23+,24-,27-/m1/s1. The van der Waals surface area contributed by atoms with E-state index in [9.17, 15) is 19.7 Å². The van der Waals surface area contributed by atoms with Crippen LogP contribution in [0.3, 0.4) is 0 Å². The molecule has 0 saturated carbocycles. The molecular formula is C27H23N3O4S. The lowest BCUT2D eigenvalue weighted by molar-refractivity contribution is -0.384. The molecule has 1 amide bonds. The number of hydrogen-bond donors (Lipinski definition) is 1. The van der Waals surface area contributed by atoms with Gasteiger partial charge >= 0.3 is 0 Å². The number of nitro benzene ring substituents is 1. The van der Waals surface area contributed by atoms with E-state index in [0.29, 0.717) is 11.4 Å². The van der Waals surface area contributed by atoms with Crippen molar-refractivity contribution >= 4 is 34.8 Å². The summed E-state index contributed by atoms with van der Waals surface area (Å²) in [4.78, 5) is 41.3. The maximum absolute atomic E-state index is 14.3. The van der Waals surface area contributed by atoms with Gasteiger partial charge in [-0.15, -0.1) is 11.8 Å². The normalized spacial score (nSPS) is 27.0. The molecule has 2 fully saturated rings. The van der Waals surface area contributed by atoms with Crippen molar-refractivity contribution in [2.75, 3.05) is 16.9 Å². The highest BCUT2D eigenvalue weighted by atomic mass is 32.2. The molecule has 3 aliphatic heterocycles. The number of amides is 1. The number of anilines is 1. The van der Waals surface area contributed by atoms with E-state index in [1.165, 1.54) is 12.1 Å². The lowest BCUT2D eigenvalue weighted by atomic mass is 9.69. The Morgan fingerprint density at radius 1 is 1.11 bits per heavy atom. The number of aryl methyl sites for hydroxylation is 1. The zero-order chi connectivity index (χ0) is 24.3. The van der Waals surface area contributed by atoms with Gasteiger partial charge in [-0.05, 0) is 18.6 Å². The van der Waals surface area contributed by atoms with Gasteiger partial charge in [-0.2, -0.15) is 0 Å². The second-order valence-electron chi connectivity index (χ2n) is 9.39. The van der Waals surface area contributed by atoms with Crippen molar-refractivity contribution < 1.29 is 14.5 Å². The molecule has 3 aromatic carbocycles. The van der Waals surface area contributed by atoms with Crippen molar-refractivity contribution in [3.8, 4) is 0 Å². The molecule has 0 aliphatic carbocycles. The summed E-state index contributed by atoms with van der Waals surface area (Å²) in [7, 11) is 0. The number of non-ortho nitro benzene ring substituents is 1. The Bertz CT molecular complexity index is 1360. The van der Waals surface area contributed by atoms with Crippen LogP contribution in [0, 0.1) is 23.0 Å². The Kier molecular flexibility index (Phi) is 5.05. The Labute approximate surface area is 206 Å². The Morgan fingerprint density at radius 3 is 2.57 bits per heavy atom. The second kappa shape index (κ2) is 8.03. The molecule has 3 aliphatic rings. The molecule has 2 saturated heterocycles. The first-order valence-corrected chi connectivity index (χ1v) is 12.7. The van der Waals surface area contributed by atoms with E-state index in [1.54, 1.807) is 36.0 Å². The average Bonchev–Trinajstić information content (AvgIpc) is 3.53. The molecule has 1 spiro atoms. The van der Waals surface area contributed by atoms with E-state index in [-0.39, 0.29) is 29.3 Å². The number of fused-ring (bicyclic) bond motifs is 4. The lowest BCUT2D eigenvalue weighted by Gasteiger charge is -2.36. The molecule has 3 aromatic rings. The van der Waals surface area contributed by atoms with Crippen molar-refractivity contribution in [2.24, 2.45) is 5.92 Å². The summed E-state index contributed by atoms with van der Waals surface area (Å²) in [5.41, 5.74) is 2.87. The number of hydrogen-bond acceptors (Lipinski definition) is 6. The van der Waals surface area contributed by atoms with E-state index in [4.69, 9.17) is 0 Å². The summed E-state index contributed by atoms with van der Waals surface area (Å²) in [5.74, 6) is 0.169. The molecule has 0 radical (unpaired) electrons. The van der Waals surface area contributed by atoms with Gasteiger partial charge in [-0.3, -0.25) is 24.6 Å². The van der Waals surface area contributed by atoms with Crippen LogP contribution >= 0.6 is 11.8 Å². The predicted molar refractivity (Wildman–Crippen MR) is 135 cm³/mol. The largest absolute Gasteiger partial charge is 0.324 e. The number of nitrogens with one attached hydrogen (secondary N) is 1.